The maximum atomic E-state index is 13.3. The first-order valence-electron chi connectivity index (χ1n) is 10.4. The number of hydrogen-bond donors (Lipinski definition) is 4. The van der Waals surface area contributed by atoms with E-state index in [4.69, 9.17) is 0 Å². The molecule has 0 radical (unpaired) electrons. The van der Waals surface area contributed by atoms with Crippen LogP contribution >= 0.6 is 12.4 Å². The van der Waals surface area contributed by atoms with E-state index in [2.05, 4.69) is 15.5 Å². The van der Waals surface area contributed by atoms with Gasteiger partial charge in [0.25, 0.3) is 0 Å². The zero-order chi connectivity index (χ0) is 19.1. The minimum atomic E-state index is -0.852. The van der Waals surface area contributed by atoms with Crippen molar-refractivity contribution in [2.24, 2.45) is 23.7 Å². The molecule has 2 fully saturated rings. The number of aromatic nitrogens is 2. The van der Waals surface area contributed by atoms with Crippen LogP contribution in [0.3, 0.4) is 0 Å². The molecular formula is C20H33ClN4O3. The van der Waals surface area contributed by atoms with Crippen LogP contribution in [-0.4, -0.2) is 63.6 Å². The van der Waals surface area contributed by atoms with Gasteiger partial charge in [-0.15, -0.1) is 12.4 Å². The van der Waals surface area contributed by atoms with Gasteiger partial charge in [-0.3, -0.25) is 9.89 Å². The molecule has 28 heavy (non-hydrogen) atoms. The van der Waals surface area contributed by atoms with Crippen molar-refractivity contribution in [2.45, 2.75) is 57.8 Å². The Morgan fingerprint density at radius 2 is 1.86 bits per heavy atom. The molecule has 7 nitrogen and oxygen atoms in total. The molecule has 4 N–H and O–H groups in total. The highest BCUT2D eigenvalue weighted by molar-refractivity contribution is 5.85. The first-order valence-corrected chi connectivity index (χ1v) is 10.4. The van der Waals surface area contributed by atoms with Crippen molar-refractivity contribution >= 4 is 18.3 Å². The maximum Gasteiger partial charge on any atom is 0.226 e. The van der Waals surface area contributed by atoms with Gasteiger partial charge in [0, 0.05) is 31.1 Å². The Bertz CT molecular complexity index is 697. The molecule has 4 rings (SSSR count). The molecule has 158 valence electrons. The average molecular weight is 413 g/mol. The Morgan fingerprint density at radius 1 is 1.14 bits per heavy atom. The van der Waals surface area contributed by atoms with E-state index in [0.29, 0.717) is 13.1 Å². The number of nitrogens with one attached hydrogen (secondary N) is 2. The molecule has 6 atom stereocenters. The summed E-state index contributed by atoms with van der Waals surface area (Å²) in [4.78, 5) is 15.1. The molecular weight excluding hydrogens is 380 g/mol. The SMILES string of the molecule is C[C@H]1[C@H](O)[C@@H](O)[C@H]2CNC[C@@H]2[C@H]1C(=O)N(C)Cc1n[nH]c2c1CCCCC2.Cl. The van der Waals surface area contributed by atoms with Gasteiger partial charge >= 0.3 is 0 Å². The summed E-state index contributed by atoms with van der Waals surface area (Å²) in [5.41, 5.74) is 3.50. The van der Waals surface area contributed by atoms with Crippen LogP contribution in [0.2, 0.25) is 0 Å². The van der Waals surface area contributed by atoms with Crippen LogP contribution in [0.25, 0.3) is 0 Å². The van der Waals surface area contributed by atoms with Crippen LogP contribution in [0, 0.1) is 23.7 Å². The normalized spacial score (nSPS) is 34.7. The second-order valence-corrected chi connectivity index (χ2v) is 8.73. The number of aromatic amines is 1. The summed E-state index contributed by atoms with van der Waals surface area (Å²) in [6, 6.07) is 0. The van der Waals surface area contributed by atoms with Crippen molar-refractivity contribution in [1.29, 1.82) is 0 Å². The molecule has 0 unspecified atom stereocenters. The first kappa shape index (κ1) is 21.6. The zero-order valence-electron chi connectivity index (χ0n) is 16.7. The van der Waals surface area contributed by atoms with Crippen LogP contribution in [0.15, 0.2) is 0 Å². The number of hydrogen-bond acceptors (Lipinski definition) is 5. The molecule has 2 heterocycles. The Balaban J connectivity index is 0.00000225. The van der Waals surface area contributed by atoms with Gasteiger partial charge in [-0.1, -0.05) is 13.3 Å². The fourth-order valence-corrected chi connectivity index (χ4v) is 5.48. The number of rotatable bonds is 3. The van der Waals surface area contributed by atoms with E-state index in [1.165, 1.54) is 30.5 Å². The second-order valence-electron chi connectivity index (χ2n) is 8.73. The molecule has 1 saturated carbocycles. The maximum absolute atomic E-state index is 13.3. The lowest BCUT2D eigenvalue weighted by molar-refractivity contribution is -0.154. The molecule has 0 aromatic carbocycles. The Morgan fingerprint density at radius 3 is 2.64 bits per heavy atom. The summed E-state index contributed by atoms with van der Waals surface area (Å²) in [6.45, 7) is 3.77. The van der Waals surface area contributed by atoms with E-state index < -0.39 is 12.2 Å². The van der Waals surface area contributed by atoms with E-state index in [1.807, 2.05) is 14.0 Å². The third-order valence-electron chi connectivity index (χ3n) is 7.11. The number of H-pyrrole nitrogens is 1. The highest BCUT2D eigenvalue weighted by atomic mass is 35.5. The fraction of sp³-hybridized carbons (Fsp3) is 0.800. The summed E-state index contributed by atoms with van der Waals surface area (Å²) < 4.78 is 0. The molecule has 2 aliphatic carbocycles. The van der Waals surface area contributed by atoms with Gasteiger partial charge in [0.1, 0.15) is 0 Å². The predicted molar refractivity (Wildman–Crippen MR) is 108 cm³/mol. The largest absolute Gasteiger partial charge is 0.390 e. The van der Waals surface area contributed by atoms with Crippen LogP contribution < -0.4 is 5.32 Å². The summed E-state index contributed by atoms with van der Waals surface area (Å²) in [5.74, 6) is -0.458. The monoisotopic (exact) mass is 412 g/mol. The number of aryl methyl sites for hydroxylation is 1. The average Bonchev–Trinajstić information content (AvgIpc) is 3.21. The van der Waals surface area contributed by atoms with Gasteiger partial charge < -0.3 is 20.4 Å². The summed E-state index contributed by atoms with van der Waals surface area (Å²) >= 11 is 0. The summed E-state index contributed by atoms with van der Waals surface area (Å²) in [5, 5.41) is 31.8. The van der Waals surface area contributed by atoms with Crippen molar-refractivity contribution in [1.82, 2.24) is 20.4 Å². The molecule has 1 aromatic heterocycles. The Labute approximate surface area is 172 Å². The molecule has 1 amide bonds. The van der Waals surface area contributed by atoms with Crippen molar-refractivity contribution in [3.63, 3.8) is 0 Å². The number of halogens is 1. The second kappa shape index (κ2) is 8.69. The zero-order valence-corrected chi connectivity index (χ0v) is 17.5. The van der Waals surface area contributed by atoms with Crippen LogP contribution in [0.4, 0.5) is 0 Å². The van der Waals surface area contributed by atoms with Crippen molar-refractivity contribution in [3.8, 4) is 0 Å². The van der Waals surface area contributed by atoms with Gasteiger partial charge in [-0.25, -0.2) is 0 Å². The Hall–Kier alpha value is -1.15. The quantitative estimate of drug-likeness (QED) is 0.552. The third kappa shape index (κ3) is 3.70. The highest BCUT2D eigenvalue weighted by Crippen LogP contribution is 2.42. The van der Waals surface area contributed by atoms with Gasteiger partial charge in [0.2, 0.25) is 5.91 Å². The standard InChI is InChI=1S/C20H32N4O3.ClH/c1-11-17(13-8-21-9-14(13)19(26)18(11)25)20(27)24(2)10-16-12-6-4-3-5-7-15(12)22-23-16;/h11,13-14,17-19,21,25-26H,3-10H2,1-2H3,(H,22,23);1H/t11-,13+,14+,17+,18+,19+;/m1./s1. The van der Waals surface area contributed by atoms with Crippen LogP contribution in [-0.2, 0) is 24.2 Å². The van der Waals surface area contributed by atoms with E-state index >= 15 is 0 Å². The van der Waals surface area contributed by atoms with Crippen molar-refractivity contribution in [3.05, 3.63) is 17.0 Å². The van der Waals surface area contributed by atoms with Crippen molar-refractivity contribution < 1.29 is 15.0 Å². The molecule has 1 aromatic rings. The minimum Gasteiger partial charge on any atom is -0.390 e. The molecule has 1 saturated heterocycles. The first-order chi connectivity index (χ1) is 13.0. The molecule has 1 aliphatic heterocycles. The number of aliphatic hydroxyl groups excluding tert-OH is 2. The lowest BCUT2D eigenvalue weighted by atomic mass is 9.65. The lowest BCUT2D eigenvalue weighted by Crippen LogP contribution is -2.55. The molecule has 0 spiro atoms. The van der Waals surface area contributed by atoms with Crippen LogP contribution in [0.5, 0.6) is 0 Å². The number of amides is 1. The lowest BCUT2D eigenvalue weighted by Gasteiger charge is -2.44. The van der Waals surface area contributed by atoms with E-state index in [-0.39, 0.29) is 42.0 Å². The van der Waals surface area contributed by atoms with E-state index in [9.17, 15) is 15.0 Å². The number of aliphatic hydroxyl groups is 2. The van der Waals surface area contributed by atoms with Crippen molar-refractivity contribution in [2.75, 3.05) is 20.1 Å². The minimum absolute atomic E-state index is 0. The van der Waals surface area contributed by atoms with Crippen LogP contribution in [0.1, 0.15) is 43.1 Å². The number of carbonyl (C=O) groups is 1. The molecule has 8 heteroatoms. The smallest absolute Gasteiger partial charge is 0.226 e. The number of nitrogens with zero attached hydrogens (tertiary/aromatic N) is 2. The van der Waals surface area contributed by atoms with Gasteiger partial charge in [0.05, 0.1) is 24.4 Å². The molecule has 3 aliphatic rings. The Kier molecular flexibility index (Phi) is 6.69. The molecule has 0 bridgehead atoms. The number of carbonyl (C=O) groups excluding carboxylic acids is 1. The number of fused-ring (bicyclic) bond motifs is 2. The van der Waals surface area contributed by atoms with E-state index in [1.54, 1.807) is 4.90 Å². The van der Waals surface area contributed by atoms with Gasteiger partial charge in [0.15, 0.2) is 0 Å². The highest BCUT2D eigenvalue weighted by Gasteiger charge is 2.52. The van der Waals surface area contributed by atoms with Gasteiger partial charge in [-0.05, 0) is 49.6 Å². The summed E-state index contributed by atoms with van der Waals surface area (Å²) in [7, 11) is 1.83. The predicted octanol–water partition coefficient (Wildman–Crippen LogP) is 0.882. The summed E-state index contributed by atoms with van der Waals surface area (Å²) in [6.07, 6.45) is 4.08. The van der Waals surface area contributed by atoms with Gasteiger partial charge in [-0.2, -0.15) is 5.10 Å². The topological polar surface area (TPSA) is 101 Å². The fourth-order valence-electron chi connectivity index (χ4n) is 5.48. The van der Waals surface area contributed by atoms with E-state index in [0.717, 1.165) is 25.1 Å². The third-order valence-corrected chi connectivity index (χ3v) is 7.11.